The third-order valence-electron chi connectivity index (χ3n) is 2.37. The van der Waals surface area contributed by atoms with Crippen molar-refractivity contribution in [2.24, 2.45) is 0 Å². The Morgan fingerprint density at radius 3 is 2.58 bits per heavy atom. The highest BCUT2D eigenvalue weighted by molar-refractivity contribution is 5.39. The Morgan fingerprint density at radius 2 is 2.05 bits per heavy atom. The van der Waals surface area contributed by atoms with E-state index in [0.29, 0.717) is 12.1 Å². The van der Waals surface area contributed by atoms with Crippen molar-refractivity contribution in [3.63, 3.8) is 0 Å². The topological polar surface area (TPSA) is 21.3 Å². The first-order valence-corrected chi connectivity index (χ1v) is 5.84. The summed E-state index contributed by atoms with van der Waals surface area (Å²) in [4.78, 5) is 0. The molecule has 0 heterocycles. The van der Waals surface area contributed by atoms with Gasteiger partial charge in [-0.1, -0.05) is 25.8 Å². The van der Waals surface area contributed by atoms with E-state index < -0.39 is 11.7 Å². The molecule has 0 amide bonds. The van der Waals surface area contributed by atoms with Gasteiger partial charge in [0.1, 0.15) is 12.4 Å². The van der Waals surface area contributed by atoms with Gasteiger partial charge < -0.3 is 10.1 Å². The average Bonchev–Trinajstić information content (AvgIpc) is 2.33. The van der Waals surface area contributed by atoms with Crippen LogP contribution in [-0.4, -0.2) is 12.6 Å². The third-order valence-corrected chi connectivity index (χ3v) is 2.37. The molecule has 104 valence electrons. The maximum absolute atomic E-state index is 12.9. The van der Waals surface area contributed by atoms with E-state index in [1.165, 1.54) is 6.07 Å². The standard InChI is InChI=1S/C14H16F3NO/c1-4-7-19-13-6-5-11(9-18-10(2)3)8-12(13)14(15,16)17/h1,5-6,8,10,18H,7,9H2,2-3H3. The molecule has 0 radical (unpaired) electrons. The van der Waals surface area contributed by atoms with Crippen LogP contribution in [0, 0.1) is 12.3 Å². The smallest absolute Gasteiger partial charge is 0.419 e. The van der Waals surface area contributed by atoms with Gasteiger partial charge in [-0.25, -0.2) is 0 Å². The minimum atomic E-state index is -4.46. The lowest BCUT2D eigenvalue weighted by Gasteiger charge is -2.15. The molecule has 1 aromatic rings. The molecule has 2 nitrogen and oxygen atoms in total. The molecule has 0 saturated heterocycles. The fourth-order valence-corrected chi connectivity index (χ4v) is 1.48. The number of benzene rings is 1. The number of ether oxygens (including phenoxy) is 1. The first kappa shape index (κ1) is 15.4. The molecule has 5 heteroatoms. The van der Waals surface area contributed by atoms with Gasteiger partial charge in [-0.3, -0.25) is 0 Å². The van der Waals surface area contributed by atoms with Crippen LogP contribution in [0.2, 0.25) is 0 Å². The van der Waals surface area contributed by atoms with E-state index in [9.17, 15) is 13.2 Å². The van der Waals surface area contributed by atoms with Gasteiger partial charge in [0.15, 0.2) is 0 Å². The zero-order valence-corrected chi connectivity index (χ0v) is 10.8. The normalized spacial score (nSPS) is 11.4. The second kappa shape index (κ2) is 6.48. The summed E-state index contributed by atoms with van der Waals surface area (Å²) in [5, 5.41) is 3.06. The molecule has 0 fully saturated rings. The van der Waals surface area contributed by atoms with E-state index in [-0.39, 0.29) is 18.4 Å². The Bertz CT molecular complexity index is 461. The highest BCUT2D eigenvalue weighted by Gasteiger charge is 2.34. The Morgan fingerprint density at radius 1 is 1.37 bits per heavy atom. The van der Waals surface area contributed by atoms with Crippen LogP contribution in [0.15, 0.2) is 18.2 Å². The van der Waals surface area contributed by atoms with Crippen molar-refractivity contribution in [2.45, 2.75) is 32.6 Å². The van der Waals surface area contributed by atoms with Crippen molar-refractivity contribution in [3.8, 4) is 18.1 Å². The van der Waals surface area contributed by atoms with Crippen LogP contribution >= 0.6 is 0 Å². The molecule has 0 aromatic heterocycles. The maximum Gasteiger partial charge on any atom is 0.419 e. The van der Waals surface area contributed by atoms with Gasteiger partial charge in [0.05, 0.1) is 5.56 Å². The van der Waals surface area contributed by atoms with E-state index in [0.717, 1.165) is 6.07 Å². The molecule has 1 rings (SSSR count). The number of nitrogens with one attached hydrogen (secondary N) is 1. The van der Waals surface area contributed by atoms with Crippen molar-refractivity contribution < 1.29 is 17.9 Å². The lowest BCUT2D eigenvalue weighted by atomic mass is 10.1. The number of alkyl halides is 3. The summed E-state index contributed by atoms with van der Waals surface area (Å²) < 4.78 is 43.6. The predicted molar refractivity (Wildman–Crippen MR) is 67.7 cm³/mol. The number of rotatable bonds is 5. The van der Waals surface area contributed by atoms with Crippen LogP contribution in [0.4, 0.5) is 13.2 Å². The van der Waals surface area contributed by atoms with Crippen LogP contribution in [0.25, 0.3) is 0 Å². The highest BCUT2D eigenvalue weighted by Crippen LogP contribution is 2.36. The van der Waals surface area contributed by atoms with Crippen molar-refractivity contribution in [1.82, 2.24) is 5.32 Å². The first-order chi connectivity index (χ1) is 8.84. The molecule has 0 unspecified atom stereocenters. The summed E-state index contributed by atoms with van der Waals surface area (Å²) in [5.74, 6) is 1.91. The molecular weight excluding hydrogens is 255 g/mol. The SMILES string of the molecule is C#CCOc1ccc(CNC(C)C)cc1C(F)(F)F. The number of hydrogen-bond acceptors (Lipinski definition) is 2. The van der Waals surface area contributed by atoms with Crippen molar-refractivity contribution in [1.29, 1.82) is 0 Å². The molecular formula is C14H16F3NO. The second-order valence-electron chi connectivity index (χ2n) is 4.36. The molecule has 0 bridgehead atoms. The molecule has 0 aliphatic carbocycles. The van der Waals surface area contributed by atoms with Crippen molar-refractivity contribution in [2.75, 3.05) is 6.61 Å². The summed E-state index contributed by atoms with van der Waals surface area (Å²) >= 11 is 0. The number of terminal acetylenes is 1. The first-order valence-electron chi connectivity index (χ1n) is 5.84. The van der Waals surface area contributed by atoms with E-state index >= 15 is 0 Å². The Kier molecular flexibility index (Phi) is 5.25. The Labute approximate surface area is 111 Å². The Balaban J connectivity index is 2.99. The van der Waals surface area contributed by atoms with Gasteiger partial charge >= 0.3 is 6.18 Å². The van der Waals surface area contributed by atoms with Crippen LogP contribution in [0.5, 0.6) is 5.75 Å². The lowest BCUT2D eigenvalue weighted by molar-refractivity contribution is -0.138. The van der Waals surface area contributed by atoms with E-state index in [1.54, 1.807) is 6.07 Å². The van der Waals surface area contributed by atoms with Crippen LogP contribution in [0.3, 0.4) is 0 Å². The zero-order valence-electron chi connectivity index (χ0n) is 10.8. The predicted octanol–water partition coefficient (Wildman–Crippen LogP) is 3.22. The fourth-order valence-electron chi connectivity index (χ4n) is 1.48. The van der Waals surface area contributed by atoms with Crippen LogP contribution in [-0.2, 0) is 12.7 Å². The zero-order chi connectivity index (χ0) is 14.5. The molecule has 1 N–H and O–H groups in total. The van der Waals surface area contributed by atoms with Crippen molar-refractivity contribution >= 4 is 0 Å². The lowest BCUT2D eigenvalue weighted by Crippen LogP contribution is -2.22. The summed E-state index contributed by atoms with van der Waals surface area (Å²) in [7, 11) is 0. The van der Waals surface area contributed by atoms with Gasteiger partial charge in [0.2, 0.25) is 0 Å². The van der Waals surface area contributed by atoms with E-state index in [4.69, 9.17) is 11.2 Å². The summed E-state index contributed by atoms with van der Waals surface area (Å²) in [5.41, 5.74) is -0.250. The van der Waals surface area contributed by atoms with Crippen molar-refractivity contribution in [3.05, 3.63) is 29.3 Å². The van der Waals surface area contributed by atoms with Gasteiger partial charge in [0, 0.05) is 12.6 Å². The minimum absolute atomic E-state index is 0.188. The largest absolute Gasteiger partial charge is 0.480 e. The molecule has 19 heavy (non-hydrogen) atoms. The van der Waals surface area contributed by atoms with Gasteiger partial charge in [-0.2, -0.15) is 13.2 Å². The molecule has 0 spiro atoms. The summed E-state index contributed by atoms with van der Waals surface area (Å²) in [6.45, 7) is 4.03. The summed E-state index contributed by atoms with van der Waals surface area (Å²) in [6, 6.07) is 4.18. The maximum atomic E-state index is 12.9. The second-order valence-corrected chi connectivity index (χ2v) is 4.36. The number of hydrogen-bond donors (Lipinski definition) is 1. The highest BCUT2D eigenvalue weighted by atomic mass is 19.4. The van der Waals surface area contributed by atoms with Crippen LogP contribution < -0.4 is 10.1 Å². The molecule has 0 atom stereocenters. The van der Waals surface area contributed by atoms with Gasteiger partial charge in [-0.15, -0.1) is 6.42 Å². The summed E-state index contributed by atoms with van der Waals surface area (Å²) in [6.07, 6.45) is 0.520. The monoisotopic (exact) mass is 271 g/mol. The quantitative estimate of drug-likeness (QED) is 0.830. The Hall–Kier alpha value is -1.67. The van der Waals surface area contributed by atoms with Crippen LogP contribution in [0.1, 0.15) is 25.0 Å². The van der Waals surface area contributed by atoms with E-state index in [2.05, 4.69) is 11.2 Å². The third kappa shape index (κ3) is 4.84. The fraction of sp³-hybridized carbons (Fsp3) is 0.429. The molecule has 0 saturated carbocycles. The minimum Gasteiger partial charge on any atom is -0.480 e. The molecule has 0 aliphatic rings. The van der Waals surface area contributed by atoms with E-state index in [1.807, 2.05) is 13.8 Å². The van der Waals surface area contributed by atoms with Gasteiger partial charge in [-0.05, 0) is 17.7 Å². The molecule has 1 aromatic carbocycles. The number of halogens is 3. The van der Waals surface area contributed by atoms with Gasteiger partial charge in [0.25, 0.3) is 0 Å². The molecule has 0 aliphatic heterocycles. The average molecular weight is 271 g/mol.